The maximum absolute atomic E-state index is 11.6. The molecule has 0 rings (SSSR count). The van der Waals surface area contributed by atoms with Gasteiger partial charge in [-0.05, 0) is 20.8 Å². The highest BCUT2D eigenvalue weighted by molar-refractivity contribution is 7.99. The lowest BCUT2D eigenvalue weighted by Crippen LogP contribution is -2.44. The molecule has 0 saturated heterocycles. The van der Waals surface area contributed by atoms with Crippen LogP contribution in [-0.2, 0) is 23.9 Å². The van der Waals surface area contributed by atoms with Gasteiger partial charge in [-0.2, -0.15) is 0 Å². The minimum absolute atomic E-state index is 0.113. The molecule has 1 amide bonds. The number of esters is 1. The number of thioether (sulfide) groups is 1. The van der Waals surface area contributed by atoms with Gasteiger partial charge in [0, 0.05) is 12.9 Å². The highest BCUT2D eigenvalue weighted by atomic mass is 32.2. The fraction of sp³-hybridized carbons (Fsp3) is 0.769. The van der Waals surface area contributed by atoms with Crippen molar-refractivity contribution in [1.82, 2.24) is 5.32 Å². The molecule has 0 aromatic rings. The van der Waals surface area contributed by atoms with E-state index in [-0.39, 0.29) is 5.75 Å². The van der Waals surface area contributed by atoms with Crippen molar-refractivity contribution in [3.8, 4) is 0 Å². The Hall–Kier alpha value is -1.28. The molecule has 0 spiro atoms. The third kappa shape index (κ3) is 11.1. The van der Waals surface area contributed by atoms with Crippen LogP contribution in [0.25, 0.3) is 0 Å². The Morgan fingerprint density at radius 3 is 2.38 bits per heavy atom. The van der Waals surface area contributed by atoms with Crippen LogP contribution in [0.1, 0.15) is 27.2 Å². The number of nitrogens with one attached hydrogen (secondary N) is 1. The van der Waals surface area contributed by atoms with Crippen molar-refractivity contribution >= 4 is 29.6 Å². The van der Waals surface area contributed by atoms with Gasteiger partial charge in [-0.1, -0.05) is 0 Å². The fourth-order valence-electron chi connectivity index (χ4n) is 1.29. The molecule has 0 radical (unpaired) electrons. The number of hydrogen-bond donors (Lipinski definition) is 2. The third-order valence-corrected chi connectivity index (χ3v) is 3.01. The Bertz CT molecular complexity index is 366. The standard InChI is InChI=1S/C13H23NO6S/c1-13(2,3)20-11(16)7-9(12(17)18)14-10(15)8-21-6-5-19-4/h9H,5-8H2,1-4H3,(H,14,15)(H,17,18)/t9-/m0/s1. The largest absolute Gasteiger partial charge is 0.480 e. The second kappa shape index (κ2) is 9.62. The first-order valence-corrected chi connectivity index (χ1v) is 7.62. The Kier molecular flexibility index (Phi) is 9.03. The van der Waals surface area contributed by atoms with Crippen molar-refractivity contribution in [2.24, 2.45) is 0 Å². The summed E-state index contributed by atoms with van der Waals surface area (Å²) in [6.45, 7) is 5.57. The number of methoxy groups -OCH3 is 1. The average Bonchev–Trinajstić information content (AvgIpc) is 2.31. The summed E-state index contributed by atoms with van der Waals surface area (Å²) >= 11 is 1.32. The van der Waals surface area contributed by atoms with E-state index in [4.69, 9.17) is 14.6 Å². The van der Waals surface area contributed by atoms with Gasteiger partial charge in [0.05, 0.1) is 18.8 Å². The number of carboxylic acid groups (broad SMARTS) is 1. The van der Waals surface area contributed by atoms with Gasteiger partial charge in [0.2, 0.25) is 5.91 Å². The molecule has 0 aliphatic heterocycles. The first-order valence-electron chi connectivity index (χ1n) is 6.46. The molecule has 1 atom stereocenters. The molecular weight excluding hydrogens is 298 g/mol. The van der Waals surface area contributed by atoms with E-state index in [1.165, 1.54) is 11.8 Å². The van der Waals surface area contributed by atoms with Crippen molar-refractivity contribution < 1.29 is 29.0 Å². The summed E-state index contributed by atoms with van der Waals surface area (Å²) in [5, 5.41) is 11.3. The third-order valence-electron chi connectivity index (χ3n) is 2.09. The Morgan fingerprint density at radius 2 is 1.90 bits per heavy atom. The highest BCUT2D eigenvalue weighted by Gasteiger charge is 2.26. The lowest BCUT2D eigenvalue weighted by atomic mass is 10.1. The summed E-state index contributed by atoms with van der Waals surface area (Å²) in [7, 11) is 1.56. The SMILES string of the molecule is COCCSCC(=O)N[C@@H](CC(=O)OC(C)(C)C)C(=O)O. The van der Waals surface area contributed by atoms with Gasteiger partial charge in [-0.3, -0.25) is 9.59 Å². The van der Waals surface area contributed by atoms with Crippen molar-refractivity contribution in [2.45, 2.75) is 38.8 Å². The monoisotopic (exact) mass is 321 g/mol. The molecule has 0 bridgehead atoms. The summed E-state index contributed by atoms with van der Waals surface area (Å²) in [5.41, 5.74) is -0.694. The minimum Gasteiger partial charge on any atom is -0.480 e. The van der Waals surface area contributed by atoms with E-state index < -0.39 is 35.9 Å². The predicted molar refractivity (Wildman–Crippen MR) is 79.2 cm³/mol. The summed E-state index contributed by atoms with van der Waals surface area (Å²) in [5.74, 6) is -1.62. The van der Waals surface area contributed by atoms with Crippen LogP contribution in [0.3, 0.4) is 0 Å². The summed E-state index contributed by atoms with van der Waals surface area (Å²) in [6.07, 6.45) is -0.402. The van der Waals surface area contributed by atoms with E-state index in [1.54, 1.807) is 27.9 Å². The maximum atomic E-state index is 11.6. The first kappa shape index (κ1) is 19.7. The zero-order valence-electron chi connectivity index (χ0n) is 12.8. The Labute approximate surface area is 128 Å². The van der Waals surface area contributed by atoms with Crippen LogP contribution < -0.4 is 5.32 Å². The van der Waals surface area contributed by atoms with E-state index in [9.17, 15) is 14.4 Å². The normalized spacial score (nSPS) is 12.6. The van der Waals surface area contributed by atoms with E-state index >= 15 is 0 Å². The molecule has 122 valence electrons. The first-order chi connectivity index (χ1) is 9.65. The smallest absolute Gasteiger partial charge is 0.326 e. The van der Waals surface area contributed by atoms with Crippen LogP contribution in [0.5, 0.6) is 0 Å². The molecule has 0 aliphatic rings. The number of carboxylic acids is 1. The average molecular weight is 321 g/mol. The van der Waals surface area contributed by atoms with Crippen LogP contribution in [-0.4, -0.2) is 59.8 Å². The van der Waals surface area contributed by atoms with Crippen molar-refractivity contribution in [2.75, 3.05) is 25.2 Å². The van der Waals surface area contributed by atoms with Gasteiger partial charge in [0.25, 0.3) is 0 Å². The zero-order chi connectivity index (χ0) is 16.5. The topological polar surface area (TPSA) is 102 Å². The lowest BCUT2D eigenvalue weighted by Gasteiger charge is -2.21. The number of carbonyl (C=O) groups is 3. The number of amides is 1. The number of hydrogen-bond acceptors (Lipinski definition) is 6. The molecule has 7 nitrogen and oxygen atoms in total. The summed E-state index contributed by atoms with van der Waals surface area (Å²) in [4.78, 5) is 34.3. The summed E-state index contributed by atoms with van der Waals surface area (Å²) < 4.78 is 9.87. The molecule has 0 aliphatic carbocycles. The zero-order valence-corrected chi connectivity index (χ0v) is 13.6. The Morgan fingerprint density at radius 1 is 1.29 bits per heavy atom. The molecule has 0 heterocycles. The van der Waals surface area contributed by atoms with Crippen LogP contribution in [0.2, 0.25) is 0 Å². The summed E-state index contributed by atoms with van der Waals surface area (Å²) in [6, 6.07) is -1.28. The van der Waals surface area contributed by atoms with Gasteiger partial charge < -0.3 is 19.9 Å². The van der Waals surface area contributed by atoms with Gasteiger partial charge >= 0.3 is 11.9 Å². The second-order valence-corrected chi connectivity index (χ2v) is 6.40. The second-order valence-electron chi connectivity index (χ2n) is 5.29. The molecule has 8 heteroatoms. The van der Waals surface area contributed by atoms with Crippen molar-refractivity contribution in [3.05, 3.63) is 0 Å². The lowest BCUT2D eigenvalue weighted by molar-refractivity contribution is -0.158. The molecule has 0 aromatic heterocycles. The fourth-order valence-corrected chi connectivity index (χ4v) is 1.99. The van der Waals surface area contributed by atoms with Crippen molar-refractivity contribution in [1.29, 1.82) is 0 Å². The molecule has 0 fully saturated rings. The number of aliphatic carboxylic acids is 1. The van der Waals surface area contributed by atoms with Crippen molar-refractivity contribution in [3.63, 3.8) is 0 Å². The van der Waals surface area contributed by atoms with E-state index in [0.29, 0.717) is 12.4 Å². The van der Waals surface area contributed by atoms with Crippen LogP contribution in [0, 0.1) is 0 Å². The molecule has 0 aromatic carbocycles. The van der Waals surface area contributed by atoms with E-state index in [0.717, 1.165) is 0 Å². The van der Waals surface area contributed by atoms with Crippen LogP contribution >= 0.6 is 11.8 Å². The molecule has 0 unspecified atom stereocenters. The van der Waals surface area contributed by atoms with Crippen LogP contribution in [0.4, 0.5) is 0 Å². The van der Waals surface area contributed by atoms with E-state index in [1.807, 2.05) is 0 Å². The number of ether oxygens (including phenoxy) is 2. The molecule has 21 heavy (non-hydrogen) atoms. The quantitative estimate of drug-likeness (QED) is 0.475. The van der Waals surface area contributed by atoms with Gasteiger partial charge in [0.15, 0.2) is 0 Å². The van der Waals surface area contributed by atoms with Crippen LogP contribution in [0.15, 0.2) is 0 Å². The number of rotatable bonds is 9. The van der Waals surface area contributed by atoms with Gasteiger partial charge in [0.1, 0.15) is 11.6 Å². The predicted octanol–water partition coefficient (Wildman–Crippen LogP) is 0.667. The Balaban J connectivity index is 4.27. The molecular formula is C13H23NO6S. The minimum atomic E-state index is -1.28. The number of carbonyl (C=O) groups excluding carboxylic acids is 2. The van der Waals surface area contributed by atoms with Gasteiger partial charge in [-0.25, -0.2) is 4.79 Å². The maximum Gasteiger partial charge on any atom is 0.326 e. The van der Waals surface area contributed by atoms with Gasteiger partial charge in [-0.15, -0.1) is 11.8 Å². The highest BCUT2D eigenvalue weighted by Crippen LogP contribution is 2.09. The van der Waals surface area contributed by atoms with E-state index in [2.05, 4.69) is 5.32 Å². The molecule has 0 saturated carbocycles. The molecule has 2 N–H and O–H groups in total.